The second-order valence-corrected chi connectivity index (χ2v) is 5.04. The minimum atomic E-state index is -0.163. The molecule has 2 atom stereocenters. The number of hydrogen-bond donors (Lipinski definition) is 1. The number of piperidine rings is 1. The molecule has 0 saturated carbocycles. The van der Waals surface area contributed by atoms with Crippen LogP contribution in [-0.2, 0) is 6.42 Å². The van der Waals surface area contributed by atoms with Crippen LogP contribution in [0.25, 0.3) is 0 Å². The van der Waals surface area contributed by atoms with Crippen molar-refractivity contribution in [2.75, 3.05) is 19.6 Å². The van der Waals surface area contributed by atoms with Crippen molar-refractivity contribution in [2.24, 2.45) is 11.7 Å². The molecule has 1 fully saturated rings. The summed E-state index contributed by atoms with van der Waals surface area (Å²) in [6.07, 6.45) is 2.08. The van der Waals surface area contributed by atoms with Crippen LogP contribution < -0.4 is 5.73 Å². The molecule has 0 radical (unpaired) electrons. The van der Waals surface area contributed by atoms with Crippen LogP contribution in [0.3, 0.4) is 0 Å². The zero-order chi connectivity index (χ0) is 12.3. The smallest absolute Gasteiger partial charge is 0.123 e. The standard InChI is InChI=1S/C14H21FN2/c1-2-17-9-12(8-14(16)10-17)7-11-3-5-13(15)6-4-11/h3-6,12,14H,2,7-10,16H2,1H3. The zero-order valence-corrected chi connectivity index (χ0v) is 10.4. The quantitative estimate of drug-likeness (QED) is 0.870. The van der Waals surface area contributed by atoms with Crippen molar-refractivity contribution in [2.45, 2.75) is 25.8 Å². The summed E-state index contributed by atoms with van der Waals surface area (Å²) < 4.78 is 12.8. The van der Waals surface area contributed by atoms with Gasteiger partial charge in [0.1, 0.15) is 5.82 Å². The molecule has 0 spiro atoms. The Kier molecular flexibility index (Phi) is 4.13. The van der Waals surface area contributed by atoms with Gasteiger partial charge in [0.05, 0.1) is 0 Å². The Labute approximate surface area is 103 Å². The maximum atomic E-state index is 12.8. The molecule has 3 heteroatoms. The molecule has 94 valence electrons. The Balaban J connectivity index is 1.95. The van der Waals surface area contributed by atoms with E-state index < -0.39 is 0 Å². The van der Waals surface area contributed by atoms with Crippen molar-refractivity contribution in [1.29, 1.82) is 0 Å². The second kappa shape index (κ2) is 5.61. The number of halogens is 1. The van der Waals surface area contributed by atoms with E-state index in [1.54, 1.807) is 0 Å². The van der Waals surface area contributed by atoms with Gasteiger partial charge in [-0.1, -0.05) is 19.1 Å². The Hall–Kier alpha value is -0.930. The molecule has 2 nitrogen and oxygen atoms in total. The first kappa shape index (κ1) is 12.5. The molecule has 2 N–H and O–H groups in total. The molecule has 2 unspecified atom stereocenters. The van der Waals surface area contributed by atoms with Crippen molar-refractivity contribution >= 4 is 0 Å². The minimum absolute atomic E-state index is 0.163. The molecule has 0 amide bonds. The van der Waals surface area contributed by atoms with Crippen LogP contribution >= 0.6 is 0 Å². The first-order valence-electron chi connectivity index (χ1n) is 6.39. The number of rotatable bonds is 3. The number of likely N-dealkylation sites (tertiary alicyclic amines) is 1. The average Bonchev–Trinajstić information content (AvgIpc) is 2.31. The summed E-state index contributed by atoms with van der Waals surface area (Å²) in [5, 5.41) is 0. The summed E-state index contributed by atoms with van der Waals surface area (Å²) in [7, 11) is 0. The number of benzene rings is 1. The van der Waals surface area contributed by atoms with Crippen LogP contribution in [0.5, 0.6) is 0 Å². The molecule has 1 aromatic rings. The van der Waals surface area contributed by atoms with E-state index in [2.05, 4.69) is 11.8 Å². The van der Waals surface area contributed by atoms with Crippen molar-refractivity contribution in [3.8, 4) is 0 Å². The highest BCUT2D eigenvalue weighted by molar-refractivity contribution is 5.16. The first-order chi connectivity index (χ1) is 8.17. The Bertz CT molecular complexity index is 350. The van der Waals surface area contributed by atoms with Gasteiger partial charge in [-0.05, 0) is 43.0 Å². The molecular weight excluding hydrogens is 215 g/mol. The van der Waals surface area contributed by atoms with Crippen LogP contribution in [0, 0.1) is 11.7 Å². The van der Waals surface area contributed by atoms with E-state index in [0.717, 1.165) is 32.5 Å². The maximum absolute atomic E-state index is 12.8. The molecule has 1 saturated heterocycles. The molecule has 1 aliphatic rings. The maximum Gasteiger partial charge on any atom is 0.123 e. The predicted octanol–water partition coefficient (Wildman–Crippen LogP) is 2.04. The lowest BCUT2D eigenvalue weighted by molar-refractivity contribution is 0.163. The van der Waals surface area contributed by atoms with Gasteiger partial charge in [0.2, 0.25) is 0 Å². The van der Waals surface area contributed by atoms with E-state index in [1.165, 1.54) is 17.7 Å². The molecule has 1 heterocycles. The van der Waals surface area contributed by atoms with Gasteiger partial charge in [-0.25, -0.2) is 4.39 Å². The van der Waals surface area contributed by atoms with E-state index in [1.807, 2.05) is 12.1 Å². The molecule has 1 aromatic carbocycles. The zero-order valence-electron chi connectivity index (χ0n) is 10.4. The van der Waals surface area contributed by atoms with Gasteiger partial charge < -0.3 is 10.6 Å². The third-order valence-corrected chi connectivity index (χ3v) is 3.53. The van der Waals surface area contributed by atoms with E-state index in [-0.39, 0.29) is 11.9 Å². The topological polar surface area (TPSA) is 29.3 Å². The summed E-state index contributed by atoms with van der Waals surface area (Å²) in [6, 6.07) is 7.12. The third kappa shape index (κ3) is 3.51. The van der Waals surface area contributed by atoms with Gasteiger partial charge >= 0.3 is 0 Å². The summed E-state index contributed by atoms with van der Waals surface area (Å²) >= 11 is 0. The van der Waals surface area contributed by atoms with Gasteiger partial charge in [-0.3, -0.25) is 0 Å². The normalized spacial score (nSPS) is 26.1. The fraction of sp³-hybridized carbons (Fsp3) is 0.571. The Morgan fingerprint density at radius 3 is 2.65 bits per heavy atom. The number of nitrogens with two attached hydrogens (primary N) is 1. The lowest BCUT2D eigenvalue weighted by atomic mass is 9.89. The molecule has 0 bridgehead atoms. The van der Waals surface area contributed by atoms with Crippen LogP contribution in [0.2, 0.25) is 0 Å². The van der Waals surface area contributed by atoms with Crippen LogP contribution in [0.4, 0.5) is 4.39 Å². The molecule has 0 aliphatic carbocycles. The SMILES string of the molecule is CCN1CC(N)CC(Cc2ccc(F)cc2)C1. The van der Waals surface area contributed by atoms with E-state index in [0.29, 0.717) is 5.92 Å². The summed E-state index contributed by atoms with van der Waals surface area (Å²) in [5.74, 6) is 0.438. The fourth-order valence-electron chi connectivity index (χ4n) is 2.71. The fourth-order valence-corrected chi connectivity index (χ4v) is 2.71. The first-order valence-corrected chi connectivity index (χ1v) is 6.39. The monoisotopic (exact) mass is 236 g/mol. The van der Waals surface area contributed by atoms with Crippen LogP contribution in [-0.4, -0.2) is 30.6 Å². The molecule has 2 rings (SSSR count). The lowest BCUT2D eigenvalue weighted by Crippen LogP contribution is -2.47. The molecule has 17 heavy (non-hydrogen) atoms. The third-order valence-electron chi connectivity index (χ3n) is 3.53. The van der Waals surface area contributed by atoms with Crippen molar-refractivity contribution in [3.63, 3.8) is 0 Å². The van der Waals surface area contributed by atoms with E-state index in [4.69, 9.17) is 5.73 Å². The van der Waals surface area contributed by atoms with E-state index >= 15 is 0 Å². The van der Waals surface area contributed by atoms with Crippen LogP contribution in [0.15, 0.2) is 24.3 Å². The Morgan fingerprint density at radius 2 is 2.00 bits per heavy atom. The summed E-state index contributed by atoms with van der Waals surface area (Å²) in [4.78, 5) is 2.41. The lowest BCUT2D eigenvalue weighted by Gasteiger charge is -2.35. The highest BCUT2D eigenvalue weighted by atomic mass is 19.1. The Morgan fingerprint density at radius 1 is 1.29 bits per heavy atom. The molecular formula is C14H21FN2. The predicted molar refractivity (Wildman–Crippen MR) is 68.3 cm³/mol. The second-order valence-electron chi connectivity index (χ2n) is 5.04. The molecule has 0 aromatic heterocycles. The highest BCUT2D eigenvalue weighted by Crippen LogP contribution is 2.20. The number of nitrogens with zero attached hydrogens (tertiary/aromatic N) is 1. The number of hydrogen-bond acceptors (Lipinski definition) is 2. The van der Waals surface area contributed by atoms with Gasteiger partial charge in [0, 0.05) is 19.1 Å². The number of likely N-dealkylation sites (N-methyl/N-ethyl adjacent to an activating group) is 1. The van der Waals surface area contributed by atoms with Gasteiger partial charge in [0.15, 0.2) is 0 Å². The van der Waals surface area contributed by atoms with Gasteiger partial charge in [-0.2, -0.15) is 0 Å². The average molecular weight is 236 g/mol. The van der Waals surface area contributed by atoms with Crippen molar-refractivity contribution in [3.05, 3.63) is 35.6 Å². The van der Waals surface area contributed by atoms with Crippen molar-refractivity contribution in [1.82, 2.24) is 4.90 Å². The van der Waals surface area contributed by atoms with Crippen molar-refractivity contribution < 1.29 is 4.39 Å². The van der Waals surface area contributed by atoms with Gasteiger partial charge in [-0.15, -0.1) is 0 Å². The summed E-state index contributed by atoms with van der Waals surface area (Å²) in [5.41, 5.74) is 7.28. The van der Waals surface area contributed by atoms with Gasteiger partial charge in [0.25, 0.3) is 0 Å². The van der Waals surface area contributed by atoms with E-state index in [9.17, 15) is 4.39 Å². The van der Waals surface area contributed by atoms with Crippen LogP contribution in [0.1, 0.15) is 18.9 Å². The minimum Gasteiger partial charge on any atom is -0.327 e. The summed E-state index contributed by atoms with van der Waals surface area (Å²) in [6.45, 7) is 5.36. The molecule has 1 aliphatic heterocycles. The highest BCUT2D eigenvalue weighted by Gasteiger charge is 2.24. The largest absolute Gasteiger partial charge is 0.327 e.